The van der Waals surface area contributed by atoms with Crippen LogP contribution in [0.2, 0.25) is 0 Å². The van der Waals surface area contributed by atoms with Crippen molar-refractivity contribution in [2.45, 2.75) is 12.8 Å². The topological polar surface area (TPSA) is 67.1 Å². The van der Waals surface area contributed by atoms with Crippen LogP contribution in [0.25, 0.3) is 0 Å². The molecule has 88 valence electrons. The maximum Gasteiger partial charge on any atom is 0.125 e. The molecular weight excluding hydrogens is 212 g/mol. The average molecular weight is 228 g/mol. The summed E-state index contributed by atoms with van der Waals surface area (Å²) in [4.78, 5) is 11.6. The quantitative estimate of drug-likeness (QED) is 0.465. The molecule has 0 aliphatic heterocycles. The van der Waals surface area contributed by atoms with Crippen LogP contribution in [0.3, 0.4) is 0 Å². The van der Waals surface area contributed by atoms with Gasteiger partial charge in [0.2, 0.25) is 0 Å². The van der Waals surface area contributed by atoms with Gasteiger partial charge in [-0.2, -0.15) is 0 Å². The molecule has 0 atom stereocenters. The molecule has 2 aromatic rings. The molecule has 0 amide bonds. The third-order valence-corrected chi connectivity index (χ3v) is 2.48. The van der Waals surface area contributed by atoms with E-state index in [0.29, 0.717) is 5.84 Å². The zero-order valence-corrected chi connectivity index (χ0v) is 9.63. The lowest BCUT2D eigenvalue weighted by molar-refractivity contribution is 0.794. The van der Waals surface area contributed by atoms with E-state index in [1.807, 2.05) is 36.5 Å². The maximum absolute atomic E-state index is 5.88. The summed E-state index contributed by atoms with van der Waals surface area (Å²) >= 11 is 0. The standard InChI is InChI=1S/C13H16N4/c14-13(11-5-2-1-3-6-11)17-8-4-7-12-15-9-10-16-12/h1-3,5-6,9-10H,4,7-8H2,(H2,14,17)(H,15,16). The van der Waals surface area contributed by atoms with Crippen molar-refractivity contribution in [3.8, 4) is 0 Å². The van der Waals surface area contributed by atoms with Gasteiger partial charge in [0.1, 0.15) is 11.7 Å². The number of hydrogen-bond donors (Lipinski definition) is 2. The lowest BCUT2D eigenvalue weighted by Gasteiger charge is -2.00. The lowest BCUT2D eigenvalue weighted by atomic mass is 10.2. The smallest absolute Gasteiger partial charge is 0.125 e. The Balaban J connectivity index is 1.81. The molecule has 0 aliphatic rings. The molecule has 3 N–H and O–H groups in total. The maximum atomic E-state index is 5.88. The third-order valence-electron chi connectivity index (χ3n) is 2.48. The van der Waals surface area contributed by atoms with Crippen LogP contribution in [0.5, 0.6) is 0 Å². The lowest BCUT2D eigenvalue weighted by Crippen LogP contribution is -2.13. The molecule has 17 heavy (non-hydrogen) atoms. The van der Waals surface area contributed by atoms with Gasteiger partial charge in [0.25, 0.3) is 0 Å². The van der Waals surface area contributed by atoms with Crippen LogP contribution in [0.1, 0.15) is 17.8 Å². The molecule has 4 nitrogen and oxygen atoms in total. The number of aryl methyl sites for hydroxylation is 1. The fraction of sp³-hybridized carbons (Fsp3) is 0.231. The highest BCUT2D eigenvalue weighted by atomic mass is 14.9. The molecule has 0 unspecified atom stereocenters. The molecule has 0 saturated heterocycles. The minimum Gasteiger partial charge on any atom is -0.384 e. The van der Waals surface area contributed by atoms with E-state index in [1.165, 1.54) is 0 Å². The predicted octanol–water partition coefficient (Wildman–Crippen LogP) is 1.75. The zero-order chi connectivity index (χ0) is 11.9. The van der Waals surface area contributed by atoms with E-state index in [2.05, 4.69) is 15.0 Å². The Labute approximate surface area is 101 Å². The first-order valence-electron chi connectivity index (χ1n) is 5.70. The highest BCUT2D eigenvalue weighted by Crippen LogP contribution is 1.99. The molecule has 0 fully saturated rings. The molecule has 2 rings (SSSR count). The Morgan fingerprint density at radius 2 is 2.12 bits per heavy atom. The van der Waals surface area contributed by atoms with E-state index in [9.17, 15) is 0 Å². The number of aliphatic imine (C=N–C) groups is 1. The first-order chi connectivity index (χ1) is 8.36. The number of H-pyrrole nitrogens is 1. The number of imidazole rings is 1. The first kappa shape index (κ1) is 11.4. The van der Waals surface area contributed by atoms with Crippen molar-refractivity contribution < 1.29 is 0 Å². The van der Waals surface area contributed by atoms with Crippen LogP contribution >= 0.6 is 0 Å². The number of nitrogens with one attached hydrogen (secondary N) is 1. The fourth-order valence-electron chi connectivity index (χ4n) is 1.58. The first-order valence-corrected chi connectivity index (χ1v) is 5.70. The molecule has 1 aromatic heterocycles. The van der Waals surface area contributed by atoms with Gasteiger partial charge < -0.3 is 10.7 Å². The van der Waals surface area contributed by atoms with Crippen LogP contribution in [0, 0.1) is 0 Å². The van der Waals surface area contributed by atoms with Crippen LogP contribution < -0.4 is 5.73 Å². The number of benzene rings is 1. The largest absolute Gasteiger partial charge is 0.384 e. The van der Waals surface area contributed by atoms with E-state index >= 15 is 0 Å². The van der Waals surface area contributed by atoms with Crippen LogP contribution in [-0.4, -0.2) is 22.3 Å². The van der Waals surface area contributed by atoms with E-state index in [0.717, 1.165) is 30.8 Å². The van der Waals surface area contributed by atoms with Gasteiger partial charge in [-0.25, -0.2) is 4.98 Å². The van der Waals surface area contributed by atoms with Crippen molar-refractivity contribution in [1.29, 1.82) is 0 Å². The van der Waals surface area contributed by atoms with Gasteiger partial charge in [-0.1, -0.05) is 30.3 Å². The number of hydrogen-bond acceptors (Lipinski definition) is 2. The summed E-state index contributed by atoms with van der Waals surface area (Å²) in [5, 5.41) is 0. The second-order valence-electron chi connectivity index (χ2n) is 3.77. The van der Waals surface area contributed by atoms with Gasteiger partial charge in [0.05, 0.1) is 0 Å². The van der Waals surface area contributed by atoms with Crippen molar-refractivity contribution in [3.63, 3.8) is 0 Å². The summed E-state index contributed by atoms with van der Waals surface area (Å²) in [5.41, 5.74) is 6.86. The molecule has 1 aromatic carbocycles. The van der Waals surface area contributed by atoms with Gasteiger partial charge in [0, 0.05) is 30.9 Å². The normalized spacial score (nSPS) is 11.6. The van der Waals surface area contributed by atoms with Crippen LogP contribution in [0.4, 0.5) is 0 Å². The Kier molecular flexibility index (Phi) is 3.91. The van der Waals surface area contributed by atoms with E-state index in [1.54, 1.807) is 6.20 Å². The number of rotatable bonds is 5. The summed E-state index contributed by atoms with van der Waals surface area (Å²) in [7, 11) is 0. The molecule has 4 heteroatoms. The van der Waals surface area contributed by atoms with Gasteiger partial charge in [-0.15, -0.1) is 0 Å². The Morgan fingerprint density at radius 3 is 2.82 bits per heavy atom. The van der Waals surface area contributed by atoms with Crippen molar-refractivity contribution >= 4 is 5.84 Å². The molecule has 0 radical (unpaired) electrons. The number of amidine groups is 1. The summed E-state index contributed by atoms with van der Waals surface area (Å²) < 4.78 is 0. The molecular formula is C13H16N4. The minimum absolute atomic E-state index is 0.602. The van der Waals surface area contributed by atoms with E-state index < -0.39 is 0 Å². The Bertz CT molecular complexity index is 459. The second kappa shape index (κ2) is 5.84. The fourth-order valence-corrected chi connectivity index (χ4v) is 1.58. The second-order valence-corrected chi connectivity index (χ2v) is 3.77. The van der Waals surface area contributed by atoms with Crippen molar-refractivity contribution in [2.24, 2.45) is 10.7 Å². The summed E-state index contributed by atoms with van der Waals surface area (Å²) in [6.45, 7) is 0.724. The van der Waals surface area contributed by atoms with Gasteiger partial charge in [0.15, 0.2) is 0 Å². The van der Waals surface area contributed by atoms with Crippen molar-refractivity contribution in [2.75, 3.05) is 6.54 Å². The minimum atomic E-state index is 0.602. The number of nitrogens with zero attached hydrogens (tertiary/aromatic N) is 2. The number of aromatic amines is 1. The molecule has 1 heterocycles. The van der Waals surface area contributed by atoms with Crippen LogP contribution in [-0.2, 0) is 6.42 Å². The van der Waals surface area contributed by atoms with Gasteiger partial charge in [-0.3, -0.25) is 4.99 Å². The Hall–Kier alpha value is -2.10. The summed E-state index contributed by atoms with van der Waals surface area (Å²) in [5.74, 6) is 1.60. The van der Waals surface area contributed by atoms with Crippen molar-refractivity contribution in [1.82, 2.24) is 9.97 Å². The van der Waals surface area contributed by atoms with Gasteiger partial charge >= 0.3 is 0 Å². The SMILES string of the molecule is NC(=NCCCc1ncc[nH]1)c1ccccc1. The highest BCUT2D eigenvalue weighted by molar-refractivity contribution is 5.97. The number of nitrogens with two attached hydrogens (primary N) is 1. The van der Waals surface area contributed by atoms with Crippen molar-refractivity contribution in [3.05, 3.63) is 54.1 Å². The average Bonchev–Trinajstić information content (AvgIpc) is 2.88. The molecule has 0 aliphatic carbocycles. The van der Waals surface area contributed by atoms with Gasteiger partial charge in [-0.05, 0) is 6.42 Å². The molecule has 0 saturated carbocycles. The van der Waals surface area contributed by atoms with E-state index in [4.69, 9.17) is 5.73 Å². The number of aromatic nitrogens is 2. The zero-order valence-electron chi connectivity index (χ0n) is 9.63. The third kappa shape index (κ3) is 3.45. The highest BCUT2D eigenvalue weighted by Gasteiger charge is 1.97. The monoisotopic (exact) mass is 228 g/mol. The molecule has 0 bridgehead atoms. The predicted molar refractivity (Wildman–Crippen MR) is 68.9 cm³/mol. The summed E-state index contributed by atoms with van der Waals surface area (Å²) in [6.07, 6.45) is 5.44. The Morgan fingerprint density at radius 1 is 1.29 bits per heavy atom. The van der Waals surface area contributed by atoms with Crippen LogP contribution in [0.15, 0.2) is 47.7 Å². The van der Waals surface area contributed by atoms with E-state index in [-0.39, 0.29) is 0 Å². The summed E-state index contributed by atoms with van der Waals surface area (Å²) in [6, 6.07) is 9.81. The molecule has 0 spiro atoms.